The molecule has 0 spiro atoms. The van der Waals surface area contributed by atoms with Gasteiger partial charge in [-0.15, -0.1) is 0 Å². The molecule has 0 bridgehead atoms. The molecule has 1 unspecified atom stereocenters. The van der Waals surface area contributed by atoms with Crippen molar-refractivity contribution in [3.05, 3.63) is 48.4 Å². The first-order valence-electron chi connectivity index (χ1n) is 9.58. The van der Waals surface area contributed by atoms with E-state index in [0.29, 0.717) is 6.10 Å². The highest BCUT2D eigenvalue weighted by Gasteiger charge is 2.02. The van der Waals surface area contributed by atoms with Crippen molar-refractivity contribution in [3.8, 4) is 17.0 Å². The van der Waals surface area contributed by atoms with Crippen molar-refractivity contribution in [2.24, 2.45) is 0 Å². The molecule has 1 aromatic carbocycles. The van der Waals surface area contributed by atoms with E-state index < -0.39 is 0 Å². The molecule has 0 saturated heterocycles. The number of aromatic nitrogens is 2. The fourth-order valence-electron chi connectivity index (χ4n) is 2.65. The molecule has 140 valence electrons. The van der Waals surface area contributed by atoms with Crippen LogP contribution in [-0.2, 0) is 4.74 Å². The van der Waals surface area contributed by atoms with Crippen molar-refractivity contribution in [3.63, 3.8) is 0 Å². The Morgan fingerprint density at radius 1 is 1.08 bits per heavy atom. The number of phenolic OH excluding ortho intramolecular Hbond substituents is 1. The van der Waals surface area contributed by atoms with E-state index in [1.54, 1.807) is 24.5 Å². The topological polar surface area (TPSA) is 55.2 Å². The average Bonchev–Trinajstić information content (AvgIpc) is 2.66. The monoisotopic (exact) mass is 354 g/mol. The van der Waals surface area contributed by atoms with E-state index in [9.17, 15) is 5.11 Å². The molecule has 0 radical (unpaired) electrons. The van der Waals surface area contributed by atoms with Crippen molar-refractivity contribution < 1.29 is 9.84 Å². The van der Waals surface area contributed by atoms with E-state index in [1.807, 2.05) is 18.2 Å². The second-order valence-electron chi connectivity index (χ2n) is 6.60. The van der Waals surface area contributed by atoms with Crippen LogP contribution < -0.4 is 0 Å². The van der Waals surface area contributed by atoms with E-state index in [-0.39, 0.29) is 5.75 Å². The summed E-state index contributed by atoms with van der Waals surface area (Å²) in [4.78, 5) is 8.87. The van der Waals surface area contributed by atoms with E-state index in [4.69, 9.17) is 4.74 Å². The van der Waals surface area contributed by atoms with Gasteiger partial charge >= 0.3 is 0 Å². The van der Waals surface area contributed by atoms with E-state index in [1.165, 1.54) is 19.3 Å². The minimum atomic E-state index is 0.252. The quantitative estimate of drug-likeness (QED) is 0.531. The first-order chi connectivity index (χ1) is 12.7. The molecule has 0 aliphatic heterocycles. The van der Waals surface area contributed by atoms with Gasteiger partial charge in [0.2, 0.25) is 0 Å². The molecular weight excluding hydrogens is 324 g/mol. The number of unbranched alkanes of at least 4 members (excludes halogenated alkanes) is 3. The minimum Gasteiger partial charge on any atom is -0.508 e. The zero-order valence-electron chi connectivity index (χ0n) is 15.9. The normalized spacial score (nSPS) is 12.5. The van der Waals surface area contributed by atoms with Crippen LogP contribution in [-0.4, -0.2) is 27.8 Å². The summed E-state index contributed by atoms with van der Waals surface area (Å²) in [5.74, 6) is 0.252. The summed E-state index contributed by atoms with van der Waals surface area (Å²) in [6.07, 6.45) is 14.9. The molecule has 0 aliphatic carbocycles. The Labute approximate surface area is 157 Å². The molecular formula is C22H30N2O2. The van der Waals surface area contributed by atoms with E-state index >= 15 is 0 Å². The maximum Gasteiger partial charge on any atom is 0.115 e. The molecule has 1 N–H and O–H groups in total. The molecule has 0 aliphatic rings. The van der Waals surface area contributed by atoms with Gasteiger partial charge in [0, 0.05) is 12.2 Å². The molecule has 1 aromatic heterocycles. The highest BCUT2D eigenvalue weighted by molar-refractivity contribution is 5.59. The molecule has 1 heterocycles. The second kappa shape index (κ2) is 11.4. The minimum absolute atomic E-state index is 0.252. The fraction of sp³-hybridized carbons (Fsp3) is 0.455. The standard InChI is InChI=1S/C22H30N2O2/c1-3-4-8-15-26-18(2)9-6-5-7-10-20-16-24-22(17-23-20)19-11-13-21(25)14-12-19/h7,10-14,16-18,25H,3-6,8-9,15H2,1-2H3. The van der Waals surface area contributed by atoms with Crippen LogP contribution in [0.2, 0.25) is 0 Å². The van der Waals surface area contributed by atoms with E-state index in [2.05, 4.69) is 29.9 Å². The molecule has 2 rings (SSSR count). The van der Waals surface area contributed by atoms with Gasteiger partial charge in [0.05, 0.1) is 29.9 Å². The fourth-order valence-corrected chi connectivity index (χ4v) is 2.65. The summed E-state index contributed by atoms with van der Waals surface area (Å²) in [5.41, 5.74) is 2.60. The lowest BCUT2D eigenvalue weighted by Crippen LogP contribution is -2.08. The zero-order valence-corrected chi connectivity index (χ0v) is 15.9. The molecule has 2 aromatic rings. The lowest BCUT2D eigenvalue weighted by Gasteiger charge is -2.11. The van der Waals surface area contributed by atoms with Crippen molar-refractivity contribution in [2.45, 2.75) is 58.5 Å². The Bertz CT molecular complexity index is 651. The molecule has 0 saturated carbocycles. The van der Waals surface area contributed by atoms with Crippen LogP contribution in [0.3, 0.4) is 0 Å². The van der Waals surface area contributed by atoms with Crippen molar-refractivity contribution in [1.29, 1.82) is 0 Å². The van der Waals surface area contributed by atoms with Crippen LogP contribution in [0.25, 0.3) is 17.3 Å². The summed E-state index contributed by atoms with van der Waals surface area (Å²) in [6.45, 7) is 5.25. The number of hydrogen-bond donors (Lipinski definition) is 1. The largest absolute Gasteiger partial charge is 0.508 e. The van der Waals surface area contributed by atoms with Gasteiger partial charge < -0.3 is 9.84 Å². The third kappa shape index (κ3) is 7.36. The Balaban J connectivity index is 1.69. The number of ether oxygens (including phenoxy) is 1. The van der Waals surface area contributed by atoms with Crippen LogP contribution in [0, 0.1) is 0 Å². The smallest absolute Gasteiger partial charge is 0.115 e. The van der Waals surface area contributed by atoms with Gasteiger partial charge in [-0.25, -0.2) is 0 Å². The number of phenols is 1. The number of rotatable bonds is 11. The molecule has 0 amide bonds. The highest BCUT2D eigenvalue weighted by atomic mass is 16.5. The predicted octanol–water partition coefficient (Wildman–Crippen LogP) is 5.63. The maximum atomic E-state index is 9.33. The first-order valence-corrected chi connectivity index (χ1v) is 9.58. The lowest BCUT2D eigenvalue weighted by atomic mass is 10.1. The molecule has 1 atom stereocenters. The summed E-state index contributed by atoms with van der Waals surface area (Å²) in [5, 5.41) is 9.33. The Morgan fingerprint density at radius 2 is 1.88 bits per heavy atom. The summed E-state index contributed by atoms with van der Waals surface area (Å²) in [7, 11) is 0. The Morgan fingerprint density at radius 3 is 2.58 bits per heavy atom. The first kappa shape index (κ1) is 20.1. The van der Waals surface area contributed by atoms with Crippen LogP contribution in [0.4, 0.5) is 0 Å². The van der Waals surface area contributed by atoms with Crippen molar-refractivity contribution in [2.75, 3.05) is 6.61 Å². The number of benzene rings is 1. The van der Waals surface area contributed by atoms with Crippen LogP contribution in [0.1, 0.15) is 58.1 Å². The molecule has 0 fully saturated rings. The van der Waals surface area contributed by atoms with Crippen LogP contribution in [0.5, 0.6) is 5.75 Å². The SMILES string of the molecule is CCCCCOC(C)CCCC=Cc1cnc(-c2ccc(O)cc2)cn1. The lowest BCUT2D eigenvalue weighted by molar-refractivity contribution is 0.0566. The molecule has 4 heteroatoms. The average molecular weight is 354 g/mol. The highest BCUT2D eigenvalue weighted by Crippen LogP contribution is 2.19. The predicted molar refractivity (Wildman–Crippen MR) is 107 cm³/mol. The van der Waals surface area contributed by atoms with Crippen LogP contribution in [0.15, 0.2) is 42.7 Å². The Kier molecular flexibility index (Phi) is 8.84. The number of aromatic hydroxyl groups is 1. The number of nitrogens with zero attached hydrogens (tertiary/aromatic N) is 2. The van der Waals surface area contributed by atoms with Gasteiger partial charge in [0.1, 0.15) is 5.75 Å². The maximum absolute atomic E-state index is 9.33. The number of hydrogen-bond acceptors (Lipinski definition) is 4. The number of allylic oxidation sites excluding steroid dienone is 1. The van der Waals surface area contributed by atoms with Crippen LogP contribution >= 0.6 is 0 Å². The third-order valence-electron chi connectivity index (χ3n) is 4.26. The van der Waals surface area contributed by atoms with Gasteiger partial charge in [0.15, 0.2) is 0 Å². The van der Waals surface area contributed by atoms with Gasteiger partial charge in [-0.2, -0.15) is 0 Å². The zero-order chi connectivity index (χ0) is 18.6. The van der Waals surface area contributed by atoms with Gasteiger partial charge in [-0.3, -0.25) is 9.97 Å². The van der Waals surface area contributed by atoms with Gasteiger partial charge in [0.25, 0.3) is 0 Å². The summed E-state index contributed by atoms with van der Waals surface area (Å²) in [6, 6.07) is 6.97. The molecule has 26 heavy (non-hydrogen) atoms. The van der Waals surface area contributed by atoms with E-state index in [0.717, 1.165) is 42.8 Å². The molecule has 4 nitrogen and oxygen atoms in total. The van der Waals surface area contributed by atoms with Gasteiger partial charge in [-0.1, -0.05) is 25.8 Å². The Hall–Kier alpha value is -2.20. The van der Waals surface area contributed by atoms with Gasteiger partial charge in [-0.05, 0) is 62.9 Å². The summed E-state index contributed by atoms with van der Waals surface area (Å²) >= 11 is 0. The summed E-state index contributed by atoms with van der Waals surface area (Å²) < 4.78 is 5.81. The third-order valence-corrected chi connectivity index (χ3v) is 4.26. The second-order valence-corrected chi connectivity index (χ2v) is 6.60. The van der Waals surface area contributed by atoms with Crippen molar-refractivity contribution in [1.82, 2.24) is 9.97 Å². The van der Waals surface area contributed by atoms with Crippen molar-refractivity contribution >= 4 is 6.08 Å².